The van der Waals surface area contributed by atoms with Gasteiger partial charge in [0.05, 0.1) is 22.6 Å². The van der Waals surface area contributed by atoms with Crippen molar-refractivity contribution in [3.05, 3.63) is 135 Å². The molecule has 4 aromatic carbocycles. The molecule has 0 radical (unpaired) electrons. The summed E-state index contributed by atoms with van der Waals surface area (Å²) in [6.45, 7) is 10.9. The average Bonchev–Trinajstić information content (AvgIpc) is 3.02. The van der Waals surface area contributed by atoms with E-state index >= 15 is 0 Å². The fourth-order valence-electron chi connectivity index (χ4n) is 5.73. The number of rotatable bonds is 9. The first-order valence-electron chi connectivity index (χ1n) is 15.2. The molecule has 0 fully saturated rings. The molecule has 0 saturated heterocycles. The second-order valence-corrected chi connectivity index (χ2v) is 12.1. The summed E-state index contributed by atoms with van der Waals surface area (Å²) in [4.78, 5) is 35.5. The van der Waals surface area contributed by atoms with Crippen molar-refractivity contribution >= 4 is 34.2 Å². The number of para-hydroxylation sites is 2. The van der Waals surface area contributed by atoms with Gasteiger partial charge in [-0.05, 0) is 71.3 Å². The fraction of sp³-hybridized carbons (Fsp3) is 0.270. The van der Waals surface area contributed by atoms with Crippen LogP contribution in [0.2, 0.25) is 5.02 Å². The normalized spacial score (nSPS) is 12.1. The van der Waals surface area contributed by atoms with Gasteiger partial charge in [-0.15, -0.1) is 0 Å². The maximum atomic E-state index is 14.6. The molecule has 0 spiro atoms. The smallest absolute Gasteiger partial charge is 0.310 e. The fourth-order valence-corrected chi connectivity index (χ4v) is 5.86. The van der Waals surface area contributed by atoms with Crippen LogP contribution in [-0.4, -0.2) is 20.5 Å². The minimum absolute atomic E-state index is 0.196. The van der Waals surface area contributed by atoms with E-state index in [2.05, 4.69) is 51.2 Å². The van der Waals surface area contributed by atoms with Crippen molar-refractivity contribution in [1.82, 2.24) is 14.5 Å². The van der Waals surface area contributed by atoms with Gasteiger partial charge in [0.1, 0.15) is 5.82 Å². The first kappa shape index (κ1) is 31.0. The molecule has 0 aliphatic heterocycles. The van der Waals surface area contributed by atoms with Crippen LogP contribution in [0.25, 0.3) is 16.6 Å². The van der Waals surface area contributed by atoms with Crippen LogP contribution in [0.5, 0.6) is 0 Å². The third kappa shape index (κ3) is 6.41. The summed E-state index contributed by atoms with van der Waals surface area (Å²) in [5, 5.41) is 4.40. The van der Waals surface area contributed by atoms with Crippen LogP contribution in [0, 0.1) is 0 Å². The Balaban J connectivity index is 1.70. The number of carbonyl (C=O) groups is 1. The Morgan fingerprint density at radius 1 is 0.841 bits per heavy atom. The lowest BCUT2D eigenvalue weighted by Gasteiger charge is -2.33. The number of amides is 2. The highest BCUT2D eigenvalue weighted by molar-refractivity contribution is 6.30. The van der Waals surface area contributed by atoms with Gasteiger partial charge in [-0.2, -0.15) is 0 Å². The predicted octanol–water partition coefficient (Wildman–Crippen LogP) is 9.47. The minimum atomic E-state index is -0.531. The summed E-state index contributed by atoms with van der Waals surface area (Å²) in [6.07, 6.45) is 0.529. The van der Waals surface area contributed by atoms with Crippen molar-refractivity contribution in [3.63, 3.8) is 0 Å². The second kappa shape index (κ2) is 13.5. The van der Waals surface area contributed by atoms with E-state index in [0.717, 1.165) is 22.4 Å². The molecule has 5 rings (SSSR count). The molecule has 1 unspecified atom stereocenters. The number of urea groups is 1. The molecule has 1 N–H and O–H groups in total. The minimum Gasteiger partial charge on any atom is -0.310 e. The summed E-state index contributed by atoms with van der Waals surface area (Å²) in [5.41, 5.74) is 5.01. The monoisotopic (exact) mass is 606 g/mol. The lowest BCUT2D eigenvalue weighted by molar-refractivity contribution is 0.177. The van der Waals surface area contributed by atoms with Gasteiger partial charge in [-0.1, -0.05) is 107 Å². The molecule has 1 atom stereocenters. The zero-order valence-electron chi connectivity index (χ0n) is 25.9. The lowest BCUT2D eigenvalue weighted by atomic mass is 9.92. The van der Waals surface area contributed by atoms with Gasteiger partial charge in [0.25, 0.3) is 5.56 Å². The molecule has 44 heavy (non-hydrogen) atoms. The van der Waals surface area contributed by atoms with Crippen LogP contribution in [0.15, 0.2) is 102 Å². The number of nitrogens with one attached hydrogen (secondary N) is 1. The molecule has 6 nitrogen and oxygen atoms in total. The molecule has 1 aromatic heterocycles. The van der Waals surface area contributed by atoms with Crippen molar-refractivity contribution in [2.45, 2.75) is 65.5 Å². The number of fused-ring (bicyclic) bond motifs is 1. The number of hydrogen-bond acceptors (Lipinski definition) is 3. The number of anilines is 1. The van der Waals surface area contributed by atoms with Crippen molar-refractivity contribution in [1.29, 1.82) is 0 Å². The van der Waals surface area contributed by atoms with E-state index in [1.54, 1.807) is 27.7 Å². The van der Waals surface area contributed by atoms with E-state index in [4.69, 9.17) is 16.6 Å². The van der Waals surface area contributed by atoms with E-state index in [1.807, 2.05) is 67.6 Å². The molecule has 226 valence electrons. The number of carbonyl (C=O) groups excluding carboxylic acids is 1. The Labute approximate surface area is 264 Å². The molecule has 2 amide bonds. The number of nitrogens with zero attached hydrogens (tertiary/aromatic N) is 3. The van der Waals surface area contributed by atoms with E-state index < -0.39 is 6.04 Å². The maximum absolute atomic E-state index is 14.6. The van der Waals surface area contributed by atoms with E-state index in [9.17, 15) is 9.59 Å². The molecule has 7 heteroatoms. The Bertz CT molecular complexity index is 1790. The SMILES string of the molecule is CCC(c1nc2ccccc2c(=O)n1-c1ccc(Cl)cc1)N(Cc1ccccc1)C(=O)Nc1c(C(C)C)cccc1C(C)C. The van der Waals surface area contributed by atoms with E-state index in [1.165, 1.54) is 0 Å². The van der Waals surface area contributed by atoms with Crippen LogP contribution in [0.4, 0.5) is 10.5 Å². The highest BCUT2D eigenvalue weighted by atomic mass is 35.5. The number of aromatic nitrogens is 2. The lowest BCUT2D eigenvalue weighted by Crippen LogP contribution is -2.40. The van der Waals surface area contributed by atoms with Crippen molar-refractivity contribution in [3.8, 4) is 5.69 Å². The van der Waals surface area contributed by atoms with Gasteiger partial charge in [0.15, 0.2) is 0 Å². The van der Waals surface area contributed by atoms with Gasteiger partial charge in [-0.25, -0.2) is 9.78 Å². The van der Waals surface area contributed by atoms with E-state index in [0.29, 0.717) is 40.4 Å². The first-order chi connectivity index (χ1) is 21.2. The van der Waals surface area contributed by atoms with Crippen LogP contribution in [0.3, 0.4) is 0 Å². The van der Waals surface area contributed by atoms with Gasteiger partial charge in [0.2, 0.25) is 0 Å². The third-order valence-electron chi connectivity index (χ3n) is 8.01. The highest BCUT2D eigenvalue weighted by Gasteiger charge is 2.30. The number of halogens is 1. The van der Waals surface area contributed by atoms with Crippen molar-refractivity contribution < 1.29 is 4.79 Å². The van der Waals surface area contributed by atoms with Crippen LogP contribution in [0.1, 0.15) is 81.4 Å². The zero-order valence-corrected chi connectivity index (χ0v) is 26.7. The summed E-state index contributed by atoms with van der Waals surface area (Å²) < 4.78 is 1.62. The van der Waals surface area contributed by atoms with Crippen LogP contribution >= 0.6 is 11.6 Å². The third-order valence-corrected chi connectivity index (χ3v) is 8.26. The zero-order chi connectivity index (χ0) is 31.4. The summed E-state index contributed by atoms with van der Waals surface area (Å²) >= 11 is 6.23. The molecule has 0 aliphatic rings. The molecule has 0 aliphatic carbocycles. The topological polar surface area (TPSA) is 67.2 Å². The molecular formula is C37H39ClN4O2. The standard InChI is InChI=1S/C37H39ClN4O2/c1-6-33(35-39-32-18-11-10-15-31(32)36(43)42(35)28-21-19-27(38)20-22-28)41(23-26-13-8-7-9-14-26)37(44)40-34-29(24(2)3)16-12-17-30(34)25(4)5/h7-22,24-25,33H,6,23H2,1-5H3,(H,40,44). The van der Waals surface area contributed by atoms with Gasteiger partial charge < -0.3 is 10.2 Å². The maximum Gasteiger partial charge on any atom is 0.322 e. The summed E-state index contributed by atoms with van der Waals surface area (Å²) in [7, 11) is 0. The Hall–Kier alpha value is -4.42. The Morgan fingerprint density at radius 3 is 2.07 bits per heavy atom. The molecule has 0 bridgehead atoms. The molecule has 0 saturated carbocycles. The second-order valence-electron chi connectivity index (χ2n) is 11.7. The molecule has 5 aromatic rings. The van der Waals surface area contributed by atoms with Crippen molar-refractivity contribution in [2.75, 3.05) is 5.32 Å². The van der Waals surface area contributed by atoms with Gasteiger partial charge >= 0.3 is 6.03 Å². The van der Waals surface area contributed by atoms with E-state index in [-0.39, 0.29) is 23.4 Å². The largest absolute Gasteiger partial charge is 0.322 e. The van der Waals surface area contributed by atoms with Gasteiger partial charge in [-0.3, -0.25) is 9.36 Å². The highest BCUT2D eigenvalue weighted by Crippen LogP contribution is 2.34. The van der Waals surface area contributed by atoms with Gasteiger partial charge in [0, 0.05) is 17.3 Å². The number of benzene rings is 4. The predicted molar refractivity (Wildman–Crippen MR) is 181 cm³/mol. The average molecular weight is 607 g/mol. The summed E-state index contributed by atoms with van der Waals surface area (Å²) in [6, 6.07) is 29.8. The summed E-state index contributed by atoms with van der Waals surface area (Å²) in [5.74, 6) is 0.919. The first-order valence-corrected chi connectivity index (χ1v) is 15.6. The molecule has 1 heterocycles. The van der Waals surface area contributed by atoms with Crippen LogP contribution in [-0.2, 0) is 6.54 Å². The molecular weight excluding hydrogens is 568 g/mol. The Morgan fingerprint density at radius 2 is 1.45 bits per heavy atom. The number of hydrogen-bond donors (Lipinski definition) is 1. The van der Waals surface area contributed by atoms with Crippen LogP contribution < -0.4 is 10.9 Å². The Kier molecular flexibility index (Phi) is 9.50. The quantitative estimate of drug-likeness (QED) is 0.182. The van der Waals surface area contributed by atoms with Crippen molar-refractivity contribution in [2.24, 2.45) is 0 Å².